The normalized spacial score (nSPS) is 28.8. The summed E-state index contributed by atoms with van der Waals surface area (Å²) in [7, 11) is 0. The van der Waals surface area contributed by atoms with Gasteiger partial charge in [-0.25, -0.2) is 0 Å². The van der Waals surface area contributed by atoms with Crippen molar-refractivity contribution in [2.45, 2.75) is 44.8 Å². The largest absolute Gasteiger partial charge is 0.487 e. The quantitative estimate of drug-likeness (QED) is 0.623. The first-order chi connectivity index (χ1) is 12.3. The average Bonchev–Trinajstić information content (AvgIpc) is 2.62. The molecule has 5 heteroatoms. The first kappa shape index (κ1) is 18.5. The SMILES string of the molecule is C=C(CCl)N1CCC2(CC1)COC1c3cc(Cl)ccc3OC(C)(C)C1C2. The van der Waals surface area contributed by atoms with Gasteiger partial charge in [0.2, 0.25) is 0 Å². The molecule has 0 N–H and O–H groups in total. The van der Waals surface area contributed by atoms with E-state index < -0.39 is 0 Å². The van der Waals surface area contributed by atoms with Crippen molar-refractivity contribution in [2.24, 2.45) is 11.3 Å². The Kier molecular flexibility index (Phi) is 4.70. The van der Waals surface area contributed by atoms with Gasteiger partial charge in [0.25, 0.3) is 0 Å². The van der Waals surface area contributed by atoms with Crippen molar-refractivity contribution < 1.29 is 9.47 Å². The Labute approximate surface area is 166 Å². The van der Waals surface area contributed by atoms with Crippen LogP contribution in [0.15, 0.2) is 30.5 Å². The van der Waals surface area contributed by atoms with E-state index in [0.717, 1.165) is 61.0 Å². The molecule has 1 aromatic rings. The molecule has 3 nitrogen and oxygen atoms in total. The number of hydrogen-bond acceptors (Lipinski definition) is 3. The van der Waals surface area contributed by atoms with Crippen molar-refractivity contribution in [2.75, 3.05) is 25.6 Å². The first-order valence-electron chi connectivity index (χ1n) is 9.42. The molecule has 0 radical (unpaired) electrons. The van der Waals surface area contributed by atoms with Gasteiger partial charge in [0.1, 0.15) is 11.4 Å². The smallest absolute Gasteiger partial charge is 0.126 e. The van der Waals surface area contributed by atoms with Crippen LogP contribution in [0.2, 0.25) is 5.02 Å². The standard InChI is InChI=1S/C21H27Cl2NO2/c1-14(12-22)24-8-6-21(7-9-24)11-17-19(25-13-21)16-10-15(23)4-5-18(16)26-20(17,2)3/h4-5,10,17,19H,1,6-9,11-13H2,2-3H3. The highest BCUT2D eigenvalue weighted by Crippen LogP contribution is 2.55. The monoisotopic (exact) mass is 395 g/mol. The van der Waals surface area contributed by atoms with Crippen molar-refractivity contribution in [3.8, 4) is 5.75 Å². The van der Waals surface area contributed by atoms with Crippen LogP contribution in [-0.4, -0.2) is 36.1 Å². The van der Waals surface area contributed by atoms with Crippen LogP contribution in [0, 0.1) is 11.3 Å². The van der Waals surface area contributed by atoms with Gasteiger partial charge in [-0.15, -0.1) is 11.6 Å². The lowest BCUT2D eigenvalue weighted by atomic mass is 9.64. The van der Waals surface area contributed by atoms with Gasteiger partial charge in [-0.3, -0.25) is 0 Å². The van der Waals surface area contributed by atoms with Gasteiger partial charge in [-0.2, -0.15) is 0 Å². The van der Waals surface area contributed by atoms with Crippen molar-refractivity contribution in [1.82, 2.24) is 4.90 Å². The van der Waals surface area contributed by atoms with Gasteiger partial charge >= 0.3 is 0 Å². The summed E-state index contributed by atoms with van der Waals surface area (Å²) in [5.74, 6) is 1.74. The Morgan fingerprint density at radius 2 is 2.04 bits per heavy atom. The molecule has 0 aromatic heterocycles. The first-order valence-corrected chi connectivity index (χ1v) is 10.3. The van der Waals surface area contributed by atoms with E-state index in [1.165, 1.54) is 0 Å². The van der Waals surface area contributed by atoms with Gasteiger partial charge in [0, 0.05) is 35.3 Å². The number of nitrogens with zero attached hydrogens (tertiary/aromatic N) is 1. The van der Waals surface area contributed by atoms with Crippen molar-refractivity contribution >= 4 is 23.2 Å². The van der Waals surface area contributed by atoms with Crippen molar-refractivity contribution in [1.29, 1.82) is 0 Å². The molecule has 0 bridgehead atoms. The summed E-state index contributed by atoms with van der Waals surface area (Å²) in [6.45, 7) is 11.3. The highest BCUT2D eigenvalue weighted by atomic mass is 35.5. The van der Waals surface area contributed by atoms with Gasteiger partial charge < -0.3 is 14.4 Å². The molecule has 3 aliphatic heterocycles. The lowest BCUT2D eigenvalue weighted by molar-refractivity contribution is -0.173. The average molecular weight is 396 g/mol. The fourth-order valence-corrected chi connectivity index (χ4v) is 5.21. The van der Waals surface area contributed by atoms with E-state index in [1.54, 1.807) is 0 Å². The predicted molar refractivity (Wildman–Crippen MR) is 106 cm³/mol. The van der Waals surface area contributed by atoms with Gasteiger partial charge in [0.15, 0.2) is 0 Å². The van der Waals surface area contributed by atoms with Gasteiger partial charge in [-0.1, -0.05) is 18.2 Å². The number of benzene rings is 1. The molecule has 0 saturated carbocycles. The third-order valence-electron chi connectivity index (χ3n) is 6.56. The minimum atomic E-state index is -0.254. The number of ether oxygens (including phenoxy) is 2. The van der Waals surface area contributed by atoms with E-state index in [1.807, 2.05) is 18.2 Å². The van der Waals surface area contributed by atoms with Crippen LogP contribution in [0.25, 0.3) is 0 Å². The Morgan fingerprint density at radius 1 is 1.31 bits per heavy atom. The summed E-state index contributed by atoms with van der Waals surface area (Å²) in [5, 5.41) is 0.739. The second-order valence-corrected chi connectivity index (χ2v) is 9.32. The zero-order valence-electron chi connectivity index (χ0n) is 15.6. The van der Waals surface area contributed by atoms with E-state index in [9.17, 15) is 0 Å². The van der Waals surface area contributed by atoms with Crippen LogP contribution < -0.4 is 4.74 Å². The number of rotatable bonds is 2. The molecule has 4 rings (SSSR count). The zero-order chi connectivity index (χ0) is 18.5. The molecule has 0 aliphatic carbocycles. The Morgan fingerprint density at radius 3 is 2.73 bits per heavy atom. The van der Waals surface area contributed by atoms with Crippen LogP contribution >= 0.6 is 23.2 Å². The third kappa shape index (κ3) is 3.12. The van der Waals surface area contributed by atoms with E-state index in [0.29, 0.717) is 11.8 Å². The number of piperidine rings is 1. The summed E-state index contributed by atoms with van der Waals surface area (Å²) >= 11 is 12.2. The van der Waals surface area contributed by atoms with E-state index in [4.69, 9.17) is 32.7 Å². The summed E-state index contributed by atoms with van der Waals surface area (Å²) in [6, 6.07) is 5.87. The van der Waals surface area contributed by atoms with Crippen LogP contribution in [0.3, 0.4) is 0 Å². The highest BCUT2D eigenvalue weighted by molar-refractivity contribution is 6.30. The van der Waals surface area contributed by atoms with Crippen LogP contribution in [-0.2, 0) is 4.74 Å². The number of alkyl halides is 1. The molecule has 2 unspecified atom stereocenters. The molecule has 1 spiro atoms. The number of likely N-dealkylation sites (tertiary alicyclic amines) is 1. The molecule has 142 valence electrons. The minimum Gasteiger partial charge on any atom is -0.487 e. The Hall–Kier alpha value is -0.900. The molecule has 2 saturated heterocycles. The molecule has 2 atom stereocenters. The number of halogens is 2. The third-order valence-corrected chi connectivity index (χ3v) is 7.10. The van der Waals surface area contributed by atoms with E-state index >= 15 is 0 Å². The zero-order valence-corrected chi connectivity index (χ0v) is 17.1. The molecule has 26 heavy (non-hydrogen) atoms. The summed E-state index contributed by atoms with van der Waals surface area (Å²) in [5.41, 5.74) is 2.10. The molecule has 0 amide bonds. The maximum Gasteiger partial charge on any atom is 0.126 e. The Balaban J connectivity index is 1.56. The van der Waals surface area contributed by atoms with Crippen molar-refractivity contribution in [3.63, 3.8) is 0 Å². The fourth-order valence-electron chi connectivity index (χ4n) is 4.86. The molecule has 3 aliphatic rings. The molecule has 2 fully saturated rings. The lowest BCUT2D eigenvalue weighted by Crippen LogP contribution is -2.54. The van der Waals surface area contributed by atoms with Crippen LogP contribution in [0.4, 0.5) is 0 Å². The van der Waals surface area contributed by atoms with Crippen molar-refractivity contribution in [3.05, 3.63) is 41.1 Å². The van der Waals surface area contributed by atoms with Crippen LogP contribution in [0.5, 0.6) is 5.75 Å². The minimum absolute atomic E-state index is 0.0638. The fraction of sp³-hybridized carbons (Fsp3) is 0.619. The topological polar surface area (TPSA) is 21.7 Å². The number of allylic oxidation sites excluding steroid dienone is 1. The highest BCUT2D eigenvalue weighted by Gasteiger charge is 2.52. The molecule has 3 heterocycles. The predicted octanol–water partition coefficient (Wildman–Crippen LogP) is 5.42. The van der Waals surface area contributed by atoms with E-state index in [-0.39, 0.29) is 17.1 Å². The number of fused-ring (bicyclic) bond motifs is 3. The lowest BCUT2D eigenvalue weighted by Gasteiger charge is -2.54. The molecular weight excluding hydrogens is 369 g/mol. The van der Waals surface area contributed by atoms with Gasteiger partial charge in [-0.05, 0) is 56.7 Å². The maximum absolute atomic E-state index is 6.51. The Bertz CT molecular complexity index is 710. The summed E-state index contributed by atoms with van der Waals surface area (Å²) < 4.78 is 12.9. The molecular formula is C21H27Cl2NO2. The van der Waals surface area contributed by atoms with Crippen LogP contribution in [0.1, 0.15) is 44.8 Å². The maximum atomic E-state index is 6.51. The van der Waals surface area contributed by atoms with E-state index in [2.05, 4.69) is 25.3 Å². The molecule has 1 aromatic carbocycles. The summed E-state index contributed by atoms with van der Waals surface area (Å²) in [6.07, 6.45) is 3.42. The second kappa shape index (κ2) is 6.61. The number of hydrogen-bond donors (Lipinski definition) is 0. The second-order valence-electron chi connectivity index (χ2n) is 8.62. The summed E-state index contributed by atoms with van der Waals surface area (Å²) in [4.78, 5) is 2.32. The van der Waals surface area contributed by atoms with Gasteiger partial charge in [0.05, 0.1) is 18.6 Å².